The van der Waals surface area contributed by atoms with E-state index in [4.69, 9.17) is 4.74 Å². The van der Waals surface area contributed by atoms with E-state index < -0.39 is 0 Å². The number of aromatic nitrogens is 2. The normalized spacial score (nSPS) is 19.0. The maximum Gasteiger partial charge on any atom is 0.224 e. The molecule has 1 aliphatic rings. The van der Waals surface area contributed by atoms with Crippen LogP contribution in [0.2, 0.25) is 0 Å². The first-order chi connectivity index (χ1) is 13.5. The highest BCUT2D eigenvalue weighted by molar-refractivity contribution is 5.78. The first-order valence-corrected chi connectivity index (χ1v) is 9.72. The molecule has 0 bridgehead atoms. The van der Waals surface area contributed by atoms with Gasteiger partial charge < -0.3 is 20.3 Å². The van der Waals surface area contributed by atoms with Crippen LogP contribution in [-0.4, -0.2) is 49.2 Å². The number of anilines is 2. The van der Waals surface area contributed by atoms with Gasteiger partial charge in [-0.3, -0.25) is 4.79 Å². The van der Waals surface area contributed by atoms with Gasteiger partial charge in [-0.2, -0.15) is 4.98 Å². The van der Waals surface area contributed by atoms with Gasteiger partial charge in [0.05, 0.1) is 13.5 Å². The Bertz CT molecular complexity index is 771. The minimum absolute atomic E-state index is 0.0728. The number of nitrogens with one attached hydrogen (secondary N) is 2. The molecule has 1 amide bonds. The van der Waals surface area contributed by atoms with Crippen LogP contribution in [0.15, 0.2) is 36.5 Å². The van der Waals surface area contributed by atoms with E-state index in [1.165, 1.54) is 0 Å². The predicted molar refractivity (Wildman–Crippen MR) is 111 cm³/mol. The summed E-state index contributed by atoms with van der Waals surface area (Å²) in [6, 6.07) is 10.1. The summed E-state index contributed by atoms with van der Waals surface area (Å²) in [5, 5.41) is 6.60. The fraction of sp³-hybridized carbons (Fsp3) is 0.476. The summed E-state index contributed by atoms with van der Waals surface area (Å²) in [7, 11) is 5.57. The molecule has 7 heteroatoms. The first-order valence-electron chi connectivity index (χ1n) is 9.72. The molecule has 1 saturated carbocycles. The Morgan fingerprint density at radius 2 is 1.79 bits per heavy atom. The van der Waals surface area contributed by atoms with Gasteiger partial charge in [-0.05, 0) is 49.4 Å². The first kappa shape index (κ1) is 19.9. The van der Waals surface area contributed by atoms with E-state index in [-0.39, 0.29) is 11.9 Å². The second-order valence-electron chi connectivity index (χ2n) is 7.42. The molecule has 1 heterocycles. The summed E-state index contributed by atoms with van der Waals surface area (Å²) in [5.74, 6) is 2.42. The lowest BCUT2D eigenvalue weighted by atomic mass is 9.91. The molecule has 0 atom stereocenters. The van der Waals surface area contributed by atoms with Crippen LogP contribution in [0.4, 0.5) is 11.8 Å². The molecular weight excluding hydrogens is 354 g/mol. The number of ether oxygens (including phenoxy) is 1. The van der Waals surface area contributed by atoms with E-state index in [2.05, 4.69) is 20.6 Å². The van der Waals surface area contributed by atoms with Crippen molar-refractivity contribution in [2.75, 3.05) is 31.4 Å². The molecule has 28 heavy (non-hydrogen) atoms. The van der Waals surface area contributed by atoms with Crippen LogP contribution in [0.1, 0.15) is 31.2 Å². The molecule has 2 aromatic rings. The highest BCUT2D eigenvalue weighted by atomic mass is 16.5. The summed E-state index contributed by atoms with van der Waals surface area (Å²) < 4.78 is 5.15. The van der Waals surface area contributed by atoms with Crippen molar-refractivity contribution in [3.05, 3.63) is 42.1 Å². The van der Waals surface area contributed by atoms with Crippen molar-refractivity contribution in [3.8, 4) is 5.75 Å². The Kier molecular flexibility index (Phi) is 6.68. The Labute approximate surface area is 166 Å². The number of hydrogen-bond donors (Lipinski definition) is 2. The standard InChI is InChI=1S/C21H29N5O2/c1-26(2)19-12-13-22-21(25-19)24-17-8-6-16(7-9-17)23-20(27)14-15-4-10-18(28-3)11-5-15/h4-5,10-13,16-17H,6-9,14H2,1-3H3,(H,23,27)(H,22,24,25). The quantitative estimate of drug-likeness (QED) is 0.765. The van der Waals surface area contributed by atoms with Crippen molar-refractivity contribution < 1.29 is 9.53 Å². The fourth-order valence-electron chi connectivity index (χ4n) is 3.44. The molecule has 0 saturated heterocycles. The molecule has 3 rings (SSSR count). The van der Waals surface area contributed by atoms with Crippen LogP contribution in [0.25, 0.3) is 0 Å². The molecule has 1 fully saturated rings. The Hall–Kier alpha value is -2.83. The van der Waals surface area contributed by atoms with E-state index in [1.807, 2.05) is 49.3 Å². The number of carbonyl (C=O) groups is 1. The summed E-state index contributed by atoms with van der Waals surface area (Å²) >= 11 is 0. The molecule has 1 aromatic carbocycles. The molecule has 1 aliphatic carbocycles. The van der Waals surface area contributed by atoms with Gasteiger partial charge in [-0.15, -0.1) is 0 Å². The minimum atomic E-state index is 0.0728. The lowest BCUT2D eigenvalue weighted by Gasteiger charge is -2.29. The van der Waals surface area contributed by atoms with Gasteiger partial charge in [-0.25, -0.2) is 4.98 Å². The second kappa shape index (κ2) is 9.39. The number of carbonyl (C=O) groups excluding carboxylic acids is 1. The summed E-state index contributed by atoms with van der Waals surface area (Å²) in [6.07, 6.45) is 6.06. The van der Waals surface area contributed by atoms with Gasteiger partial charge in [0.15, 0.2) is 0 Å². The van der Waals surface area contributed by atoms with Crippen molar-refractivity contribution in [1.82, 2.24) is 15.3 Å². The smallest absolute Gasteiger partial charge is 0.224 e. The largest absolute Gasteiger partial charge is 0.497 e. The van der Waals surface area contributed by atoms with Gasteiger partial charge in [0.1, 0.15) is 11.6 Å². The lowest BCUT2D eigenvalue weighted by Crippen LogP contribution is -2.40. The third-order valence-electron chi connectivity index (χ3n) is 5.05. The lowest BCUT2D eigenvalue weighted by molar-refractivity contribution is -0.121. The van der Waals surface area contributed by atoms with E-state index in [1.54, 1.807) is 13.3 Å². The monoisotopic (exact) mass is 383 g/mol. The van der Waals surface area contributed by atoms with E-state index in [0.717, 1.165) is 42.8 Å². The second-order valence-corrected chi connectivity index (χ2v) is 7.42. The van der Waals surface area contributed by atoms with Crippen LogP contribution in [0.3, 0.4) is 0 Å². The SMILES string of the molecule is COc1ccc(CC(=O)NC2CCC(Nc3nccc(N(C)C)n3)CC2)cc1. The molecule has 1 aromatic heterocycles. The maximum atomic E-state index is 12.3. The highest BCUT2D eigenvalue weighted by Gasteiger charge is 2.23. The van der Waals surface area contributed by atoms with Crippen LogP contribution >= 0.6 is 0 Å². The fourth-order valence-corrected chi connectivity index (χ4v) is 3.44. The summed E-state index contributed by atoms with van der Waals surface area (Å²) in [4.78, 5) is 23.1. The van der Waals surface area contributed by atoms with Gasteiger partial charge in [0, 0.05) is 32.4 Å². The zero-order valence-corrected chi connectivity index (χ0v) is 16.8. The topological polar surface area (TPSA) is 79.4 Å². The summed E-state index contributed by atoms with van der Waals surface area (Å²) in [6.45, 7) is 0. The van der Waals surface area contributed by atoms with E-state index >= 15 is 0 Å². The Morgan fingerprint density at radius 1 is 1.11 bits per heavy atom. The summed E-state index contributed by atoms with van der Waals surface area (Å²) in [5.41, 5.74) is 0.992. The van der Waals surface area contributed by atoms with Crippen LogP contribution in [0, 0.1) is 0 Å². The molecule has 2 N–H and O–H groups in total. The average Bonchev–Trinajstić information content (AvgIpc) is 2.70. The molecule has 0 spiro atoms. The van der Waals surface area contributed by atoms with Crippen molar-refractivity contribution in [2.24, 2.45) is 0 Å². The zero-order chi connectivity index (χ0) is 19.9. The van der Waals surface area contributed by atoms with Crippen molar-refractivity contribution >= 4 is 17.7 Å². The minimum Gasteiger partial charge on any atom is -0.497 e. The van der Waals surface area contributed by atoms with Crippen LogP contribution < -0.4 is 20.3 Å². The van der Waals surface area contributed by atoms with Crippen molar-refractivity contribution in [2.45, 2.75) is 44.2 Å². The number of rotatable bonds is 7. The zero-order valence-electron chi connectivity index (χ0n) is 16.8. The number of methoxy groups -OCH3 is 1. The molecule has 0 aliphatic heterocycles. The van der Waals surface area contributed by atoms with Crippen LogP contribution in [0.5, 0.6) is 5.75 Å². The van der Waals surface area contributed by atoms with E-state index in [0.29, 0.717) is 18.4 Å². The molecule has 150 valence electrons. The number of hydrogen-bond acceptors (Lipinski definition) is 6. The Morgan fingerprint density at radius 3 is 2.43 bits per heavy atom. The molecule has 7 nitrogen and oxygen atoms in total. The van der Waals surface area contributed by atoms with Crippen molar-refractivity contribution in [3.63, 3.8) is 0 Å². The molecule has 0 unspecified atom stereocenters. The van der Waals surface area contributed by atoms with E-state index in [9.17, 15) is 4.79 Å². The van der Waals surface area contributed by atoms with Crippen LogP contribution in [-0.2, 0) is 11.2 Å². The highest BCUT2D eigenvalue weighted by Crippen LogP contribution is 2.22. The number of nitrogens with zero attached hydrogens (tertiary/aromatic N) is 3. The average molecular weight is 383 g/mol. The maximum absolute atomic E-state index is 12.3. The third-order valence-corrected chi connectivity index (χ3v) is 5.05. The van der Waals surface area contributed by atoms with Gasteiger partial charge >= 0.3 is 0 Å². The number of amides is 1. The third kappa shape index (κ3) is 5.58. The van der Waals surface area contributed by atoms with Gasteiger partial charge in [0.25, 0.3) is 0 Å². The predicted octanol–water partition coefficient (Wildman–Crippen LogP) is 2.63. The molecule has 0 radical (unpaired) electrons. The van der Waals surface area contributed by atoms with Gasteiger partial charge in [0.2, 0.25) is 11.9 Å². The van der Waals surface area contributed by atoms with Crippen molar-refractivity contribution in [1.29, 1.82) is 0 Å². The molecular formula is C21H29N5O2. The van der Waals surface area contributed by atoms with Gasteiger partial charge in [-0.1, -0.05) is 12.1 Å². The Balaban J connectivity index is 1.43. The number of benzene rings is 1.